The SMILES string of the molecule is O=C(NC(=S)NCCc1cccc(Oc2ccccc2)c1)c1cc2cnccc2o1. The third kappa shape index (κ3) is 5.01. The van der Waals surface area contributed by atoms with Gasteiger partial charge in [0.15, 0.2) is 10.9 Å². The van der Waals surface area contributed by atoms with Gasteiger partial charge in [-0.1, -0.05) is 30.3 Å². The van der Waals surface area contributed by atoms with Crippen molar-refractivity contribution in [3.8, 4) is 11.5 Å². The summed E-state index contributed by atoms with van der Waals surface area (Å²) < 4.78 is 11.4. The molecule has 4 rings (SSSR count). The van der Waals surface area contributed by atoms with Crippen LogP contribution in [0.5, 0.6) is 11.5 Å². The zero-order chi connectivity index (χ0) is 20.8. The average Bonchev–Trinajstić information content (AvgIpc) is 3.19. The maximum Gasteiger partial charge on any atom is 0.293 e. The van der Waals surface area contributed by atoms with Crippen LogP contribution in [0.1, 0.15) is 16.1 Å². The summed E-state index contributed by atoms with van der Waals surface area (Å²) in [7, 11) is 0. The zero-order valence-electron chi connectivity index (χ0n) is 16.0. The number of rotatable bonds is 6. The Kier molecular flexibility index (Phi) is 6.01. The van der Waals surface area contributed by atoms with Gasteiger partial charge in [0, 0.05) is 24.3 Å². The second-order valence-corrected chi connectivity index (χ2v) is 6.95. The second-order valence-electron chi connectivity index (χ2n) is 6.55. The van der Waals surface area contributed by atoms with Gasteiger partial charge in [-0.05, 0) is 60.6 Å². The molecule has 0 atom stereocenters. The Hall–Kier alpha value is -3.71. The lowest BCUT2D eigenvalue weighted by molar-refractivity contribution is 0.0952. The fourth-order valence-electron chi connectivity index (χ4n) is 2.91. The number of aromatic nitrogens is 1. The third-order valence-corrected chi connectivity index (χ3v) is 4.59. The van der Waals surface area contributed by atoms with Crippen molar-refractivity contribution in [2.24, 2.45) is 0 Å². The Labute approximate surface area is 178 Å². The third-order valence-electron chi connectivity index (χ3n) is 4.34. The number of hydrogen-bond donors (Lipinski definition) is 2. The molecule has 0 bridgehead atoms. The molecule has 2 aromatic carbocycles. The van der Waals surface area contributed by atoms with Crippen LogP contribution in [0, 0.1) is 0 Å². The van der Waals surface area contributed by atoms with Crippen molar-refractivity contribution in [3.05, 3.63) is 90.4 Å². The minimum absolute atomic E-state index is 0.188. The fourth-order valence-corrected chi connectivity index (χ4v) is 3.11. The van der Waals surface area contributed by atoms with Gasteiger partial charge >= 0.3 is 0 Å². The van der Waals surface area contributed by atoms with Crippen molar-refractivity contribution in [2.45, 2.75) is 6.42 Å². The summed E-state index contributed by atoms with van der Waals surface area (Å²) in [5.74, 6) is 1.35. The number of carbonyl (C=O) groups is 1. The lowest BCUT2D eigenvalue weighted by Gasteiger charge is -2.10. The van der Waals surface area contributed by atoms with Crippen LogP contribution in [0.3, 0.4) is 0 Å². The first-order valence-electron chi connectivity index (χ1n) is 9.42. The van der Waals surface area contributed by atoms with Crippen molar-refractivity contribution in [2.75, 3.05) is 6.54 Å². The molecule has 6 nitrogen and oxygen atoms in total. The van der Waals surface area contributed by atoms with Crippen LogP contribution >= 0.6 is 12.2 Å². The van der Waals surface area contributed by atoms with Crippen molar-refractivity contribution >= 4 is 34.2 Å². The molecule has 2 N–H and O–H groups in total. The Morgan fingerprint density at radius 1 is 1.03 bits per heavy atom. The highest BCUT2D eigenvalue weighted by atomic mass is 32.1. The lowest BCUT2D eigenvalue weighted by atomic mass is 10.1. The van der Waals surface area contributed by atoms with E-state index >= 15 is 0 Å². The van der Waals surface area contributed by atoms with Gasteiger partial charge in [0.1, 0.15) is 17.1 Å². The molecule has 0 saturated carbocycles. The highest BCUT2D eigenvalue weighted by molar-refractivity contribution is 7.80. The van der Waals surface area contributed by atoms with Crippen LogP contribution < -0.4 is 15.4 Å². The molecule has 30 heavy (non-hydrogen) atoms. The quantitative estimate of drug-likeness (QED) is 0.451. The number of fused-ring (bicyclic) bond motifs is 1. The van der Waals surface area contributed by atoms with Gasteiger partial charge in [-0.15, -0.1) is 0 Å². The van der Waals surface area contributed by atoms with Crippen molar-refractivity contribution in [3.63, 3.8) is 0 Å². The number of thiocarbonyl (C=S) groups is 1. The van der Waals surface area contributed by atoms with Gasteiger partial charge in [-0.3, -0.25) is 15.1 Å². The van der Waals surface area contributed by atoms with Crippen LogP contribution in [0.15, 0.2) is 83.5 Å². The first-order valence-corrected chi connectivity index (χ1v) is 9.83. The number of ether oxygens (including phenoxy) is 1. The zero-order valence-corrected chi connectivity index (χ0v) is 16.8. The maximum atomic E-state index is 12.3. The van der Waals surface area contributed by atoms with Gasteiger partial charge in [0.25, 0.3) is 5.91 Å². The minimum Gasteiger partial charge on any atom is -0.457 e. The van der Waals surface area contributed by atoms with Crippen LogP contribution in [0.25, 0.3) is 11.0 Å². The highest BCUT2D eigenvalue weighted by Gasteiger charge is 2.13. The van der Waals surface area contributed by atoms with E-state index in [0.29, 0.717) is 12.1 Å². The summed E-state index contributed by atoms with van der Waals surface area (Å²) in [6.45, 7) is 0.567. The Morgan fingerprint density at radius 2 is 1.87 bits per heavy atom. The van der Waals surface area contributed by atoms with E-state index in [4.69, 9.17) is 21.4 Å². The topological polar surface area (TPSA) is 76.4 Å². The first-order chi connectivity index (χ1) is 14.7. The molecule has 150 valence electrons. The molecule has 2 heterocycles. The van der Waals surface area contributed by atoms with Crippen molar-refractivity contribution in [1.82, 2.24) is 15.6 Å². The average molecular weight is 417 g/mol. The van der Waals surface area contributed by atoms with E-state index in [9.17, 15) is 4.79 Å². The number of carbonyl (C=O) groups excluding carboxylic acids is 1. The molecule has 0 spiro atoms. The fraction of sp³-hybridized carbons (Fsp3) is 0.0870. The van der Waals surface area contributed by atoms with E-state index in [2.05, 4.69) is 15.6 Å². The molecule has 4 aromatic rings. The summed E-state index contributed by atoms with van der Waals surface area (Å²) in [6.07, 6.45) is 3.97. The van der Waals surface area contributed by atoms with Crippen LogP contribution in [0.2, 0.25) is 0 Å². The molecule has 0 aliphatic carbocycles. The number of hydrogen-bond acceptors (Lipinski definition) is 5. The van der Waals surface area contributed by atoms with Crippen LogP contribution in [-0.2, 0) is 6.42 Å². The van der Waals surface area contributed by atoms with E-state index in [0.717, 1.165) is 28.9 Å². The van der Waals surface area contributed by atoms with E-state index < -0.39 is 5.91 Å². The number of amides is 1. The molecule has 0 fully saturated rings. The molecule has 0 aliphatic rings. The summed E-state index contributed by atoms with van der Waals surface area (Å²) in [5.41, 5.74) is 1.70. The molecular weight excluding hydrogens is 398 g/mol. The molecule has 0 radical (unpaired) electrons. The Bertz CT molecular complexity index is 1140. The predicted octanol–water partition coefficient (Wildman–Crippen LogP) is 4.47. The van der Waals surface area contributed by atoms with Gasteiger partial charge < -0.3 is 14.5 Å². The van der Waals surface area contributed by atoms with E-state index in [1.54, 1.807) is 24.5 Å². The number of pyridine rings is 1. The van der Waals surface area contributed by atoms with Gasteiger partial charge in [0.2, 0.25) is 0 Å². The Balaban J connectivity index is 1.27. The number of para-hydroxylation sites is 1. The minimum atomic E-state index is -0.401. The number of benzene rings is 2. The highest BCUT2D eigenvalue weighted by Crippen LogP contribution is 2.22. The van der Waals surface area contributed by atoms with Crippen LogP contribution in [-0.4, -0.2) is 22.5 Å². The smallest absolute Gasteiger partial charge is 0.293 e. The molecular formula is C23H19N3O3S. The monoisotopic (exact) mass is 417 g/mol. The molecule has 0 aliphatic heterocycles. The lowest BCUT2D eigenvalue weighted by Crippen LogP contribution is -2.39. The summed E-state index contributed by atoms with van der Waals surface area (Å²) in [4.78, 5) is 16.3. The Morgan fingerprint density at radius 3 is 2.70 bits per heavy atom. The number of nitrogens with zero attached hydrogens (tertiary/aromatic N) is 1. The van der Waals surface area contributed by atoms with Crippen LogP contribution in [0.4, 0.5) is 0 Å². The largest absolute Gasteiger partial charge is 0.457 e. The van der Waals surface area contributed by atoms with Crippen molar-refractivity contribution in [1.29, 1.82) is 0 Å². The summed E-state index contributed by atoms with van der Waals surface area (Å²) >= 11 is 5.22. The van der Waals surface area contributed by atoms with Gasteiger partial charge in [0.05, 0.1) is 0 Å². The summed E-state index contributed by atoms with van der Waals surface area (Å²) in [6, 6.07) is 20.8. The molecule has 2 aromatic heterocycles. The van der Waals surface area contributed by atoms with Gasteiger partial charge in [-0.2, -0.15) is 0 Å². The van der Waals surface area contributed by atoms with Crippen molar-refractivity contribution < 1.29 is 13.9 Å². The molecule has 0 saturated heterocycles. The molecule has 1 amide bonds. The van der Waals surface area contributed by atoms with E-state index in [-0.39, 0.29) is 10.9 Å². The molecule has 7 heteroatoms. The normalized spacial score (nSPS) is 10.5. The summed E-state index contributed by atoms with van der Waals surface area (Å²) in [5, 5.41) is 6.68. The second kappa shape index (κ2) is 9.19. The number of furan rings is 1. The van der Waals surface area contributed by atoms with Gasteiger partial charge in [-0.25, -0.2) is 0 Å². The number of nitrogens with one attached hydrogen (secondary N) is 2. The first kappa shape index (κ1) is 19.6. The standard InChI is InChI=1S/C23H19N3O3S/c27-22(21-14-17-15-24-11-10-20(17)29-21)26-23(30)25-12-9-16-5-4-8-19(13-16)28-18-6-2-1-3-7-18/h1-8,10-11,13-15H,9,12H2,(H2,25,26,27,30). The maximum absolute atomic E-state index is 12.3. The predicted molar refractivity (Wildman–Crippen MR) is 119 cm³/mol. The molecule has 0 unspecified atom stereocenters. The van der Waals surface area contributed by atoms with E-state index in [1.807, 2.05) is 54.6 Å². The van der Waals surface area contributed by atoms with E-state index in [1.165, 1.54) is 0 Å².